The monoisotopic (exact) mass is 311 g/mol. The van der Waals surface area contributed by atoms with Crippen LogP contribution in [0.1, 0.15) is 19.4 Å². The lowest BCUT2D eigenvalue weighted by Gasteiger charge is -2.14. The molecule has 7 nitrogen and oxygen atoms in total. The van der Waals surface area contributed by atoms with E-state index < -0.39 is 24.1 Å². The minimum atomic E-state index is -2.15. The highest BCUT2D eigenvalue weighted by Crippen LogP contribution is 2.13. The van der Waals surface area contributed by atoms with Crippen molar-refractivity contribution in [2.45, 2.75) is 32.6 Å². The van der Waals surface area contributed by atoms with Gasteiger partial charge < -0.3 is 25.4 Å². The number of aliphatic hydroxyl groups is 2. The number of hydrogen-bond acceptors (Lipinski definition) is 5. The third kappa shape index (κ3) is 5.71. The molecule has 0 bridgehead atoms. The number of ether oxygens (including phenoxy) is 1. The molecule has 122 valence electrons. The van der Waals surface area contributed by atoms with Crippen LogP contribution in [0, 0.1) is 5.92 Å². The normalized spacial score (nSPS) is 13.5. The lowest BCUT2D eigenvalue weighted by Crippen LogP contribution is -2.45. The summed E-state index contributed by atoms with van der Waals surface area (Å²) in [5.74, 6) is -1.48. The first-order valence-electron chi connectivity index (χ1n) is 6.89. The third-order valence-electron chi connectivity index (χ3n) is 2.79. The van der Waals surface area contributed by atoms with Gasteiger partial charge in [-0.05, 0) is 23.6 Å². The molecule has 0 unspecified atom stereocenters. The predicted molar refractivity (Wildman–Crippen MR) is 78.3 cm³/mol. The van der Waals surface area contributed by atoms with Gasteiger partial charge in [0.05, 0.1) is 6.61 Å². The van der Waals surface area contributed by atoms with Crippen molar-refractivity contribution in [3.8, 4) is 5.75 Å². The second-order valence-corrected chi connectivity index (χ2v) is 5.29. The molecule has 1 rings (SSSR count). The molecule has 7 heteroatoms. The SMILES string of the molecule is CC(C)COc1ccc(CNC(=O)[C@H](O)[C@@H](O)C(=O)O)cc1. The minimum Gasteiger partial charge on any atom is -0.493 e. The van der Waals surface area contributed by atoms with E-state index in [1.54, 1.807) is 24.3 Å². The molecule has 22 heavy (non-hydrogen) atoms. The fraction of sp³-hybridized carbons (Fsp3) is 0.467. The highest BCUT2D eigenvalue weighted by atomic mass is 16.5. The van der Waals surface area contributed by atoms with Gasteiger partial charge in [0.15, 0.2) is 12.2 Å². The molecule has 2 atom stereocenters. The van der Waals surface area contributed by atoms with E-state index in [1.165, 1.54) is 0 Å². The summed E-state index contributed by atoms with van der Waals surface area (Å²) in [7, 11) is 0. The molecule has 0 aliphatic rings. The zero-order valence-electron chi connectivity index (χ0n) is 12.5. The number of amides is 1. The summed E-state index contributed by atoms with van der Waals surface area (Å²) in [4.78, 5) is 22.0. The summed E-state index contributed by atoms with van der Waals surface area (Å²) >= 11 is 0. The van der Waals surface area contributed by atoms with Crippen molar-refractivity contribution in [3.05, 3.63) is 29.8 Å². The van der Waals surface area contributed by atoms with Crippen LogP contribution < -0.4 is 10.1 Å². The Kier molecular flexibility index (Phi) is 6.81. The summed E-state index contributed by atoms with van der Waals surface area (Å²) in [5.41, 5.74) is 0.752. The maximum absolute atomic E-state index is 11.5. The van der Waals surface area contributed by atoms with Gasteiger partial charge in [0.1, 0.15) is 5.75 Å². The number of benzene rings is 1. The second-order valence-electron chi connectivity index (χ2n) is 5.29. The molecule has 0 saturated heterocycles. The number of rotatable bonds is 8. The molecule has 0 saturated carbocycles. The van der Waals surface area contributed by atoms with Crippen LogP contribution in [-0.2, 0) is 16.1 Å². The Morgan fingerprint density at radius 3 is 2.23 bits per heavy atom. The van der Waals surface area contributed by atoms with Crippen molar-refractivity contribution in [1.29, 1.82) is 0 Å². The van der Waals surface area contributed by atoms with Crippen LogP contribution in [0.4, 0.5) is 0 Å². The van der Waals surface area contributed by atoms with E-state index in [0.717, 1.165) is 5.56 Å². The average molecular weight is 311 g/mol. The van der Waals surface area contributed by atoms with Crippen molar-refractivity contribution < 1.29 is 29.6 Å². The van der Waals surface area contributed by atoms with Gasteiger partial charge in [0, 0.05) is 6.54 Å². The molecule has 1 aromatic carbocycles. The standard InChI is InChI=1S/C15H21NO6/c1-9(2)8-22-11-5-3-10(4-6-11)7-16-14(19)12(17)13(18)15(20)21/h3-6,9,12-13,17-18H,7-8H2,1-2H3,(H,16,19)(H,20,21)/t12-,13-/m1/s1. The van der Waals surface area contributed by atoms with Crippen LogP contribution in [0.25, 0.3) is 0 Å². The quantitative estimate of drug-likeness (QED) is 0.543. The Morgan fingerprint density at radius 1 is 1.14 bits per heavy atom. The smallest absolute Gasteiger partial charge is 0.335 e. The third-order valence-corrected chi connectivity index (χ3v) is 2.79. The summed E-state index contributed by atoms with van der Waals surface area (Å²) < 4.78 is 5.52. The number of nitrogens with one attached hydrogen (secondary N) is 1. The number of aliphatic carboxylic acids is 1. The lowest BCUT2D eigenvalue weighted by molar-refractivity contribution is -0.158. The van der Waals surface area contributed by atoms with Crippen LogP contribution in [0.2, 0.25) is 0 Å². The highest BCUT2D eigenvalue weighted by Gasteiger charge is 2.29. The maximum atomic E-state index is 11.5. The Hall–Kier alpha value is -2.12. The van der Waals surface area contributed by atoms with E-state index in [-0.39, 0.29) is 6.54 Å². The molecule has 0 fully saturated rings. The molecule has 0 heterocycles. The van der Waals surface area contributed by atoms with Gasteiger partial charge in [-0.1, -0.05) is 26.0 Å². The Bertz CT molecular complexity index is 499. The zero-order chi connectivity index (χ0) is 16.7. The van der Waals surface area contributed by atoms with Crippen molar-refractivity contribution >= 4 is 11.9 Å². The van der Waals surface area contributed by atoms with Gasteiger partial charge in [-0.3, -0.25) is 4.79 Å². The topological polar surface area (TPSA) is 116 Å². The molecule has 1 aromatic rings. The first kappa shape index (κ1) is 17.9. The average Bonchev–Trinajstić information content (AvgIpc) is 2.49. The van der Waals surface area contributed by atoms with Gasteiger partial charge in [0.2, 0.25) is 0 Å². The van der Waals surface area contributed by atoms with Crippen molar-refractivity contribution in [3.63, 3.8) is 0 Å². The molecular formula is C15H21NO6. The van der Waals surface area contributed by atoms with E-state index in [0.29, 0.717) is 18.3 Å². The van der Waals surface area contributed by atoms with Crippen molar-refractivity contribution in [2.75, 3.05) is 6.61 Å². The van der Waals surface area contributed by atoms with Crippen molar-refractivity contribution in [2.24, 2.45) is 5.92 Å². The first-order chi connectivity index (χ1) is 10.3. The number of aliphatic hydroxyl groups excluding tert-OH is 2. The molecule has 0 radical (unpaired) electrons. The molecule has 1 amide bonds. The van der Waals surface area contributed by atoms with Crippen LogP contribution >= 0.6 is 0 Å². The number of carbonyl (C=O) groups is 2. The molecule has 0 aromatic heterocycles. The van der Waals surface area contributed by atoms with E-state index in [1.807, 2.05) is 13.8 Å². The van der Waals surface area contributed by atoms with E-state index in [2.05, 4.69) is 5.32 Å². The fourth-order valence-electron chi connectivity index (χ4n) is 1.54. The maximum Gasteiger partial charge on any atom is 0.335 e. The van der Waals surface area contributed by atoms with Gasteiger partial charge >= 0.3 is 5.97 Å². The van der Waals surface area contributed by atoms with Crippen molar-refractivity contribution in [1.82, 2.24) is 5.32 Å². The Morgan fingerprint density at radius 2 is 1.73 bits per heavy atom. The van der Waals surface area contributed by atoms with E-state index in [4.69, 9.17) is 14.9 Å². The molecule has 0 aliphatic carbocycles. The van der Waals surface area contributed by atoms with E-state index >= 15 is 0 Å². The predicted octanol–water partition coefficient (Wildman–Crippen LogP) is 0.144. The van der Waals surface area contributed by atoms with Gasteiger partial charge in [-0.15, -0.1) is 0 Å². The minimum absolute atomic E-state index is 0.104. The fourth-order valence-corrected chi connectivity index (χ4v) is 1.54. The van der Waals surface area contributed by atoms with Gasteiger partial charge in [-0.2, -0.15) is 0 Å². The lowest BCUT2D eigenvalue weighted by atomic mass is 10.1. The van der Waals surface area contributed by atoms with Crippen LogP contribution in [0.3, 0.4) is 0 Å². The molecule has 0 aliphatic heterocycles. The first-order valence-corrected chi connectivity index (χ1v) is 6.89. The summed E-state index contributed by atoms with van der Waals surface area (Å²) in [5, 5.41) is 29.3. The Labute approximate surface area is 128 Å². The highest BCUT2D eigenvalue weighted by molar-refractivity contribution is 5.87. The second kappa shape index (κ2) is 8.35. The van der Waals surface area contributed by atoms with Crippen LogP contribution in [0.15, 0.2) is 24.3 Å². The molecule has 4 N–H and O–H groups in total. The number of carboxylic acid groups (broad SMARTS) is 1. The van der Waals surface area contributed by atoms with Crippen LogP contribution in [-0.4, -0.2) is 46.0 Å². The number of hydrogen-bond donors (Lipinski definition) is 4. The van der Waals surface area contributed by atoms with Gasteiger partial charge in [-0.25, -0.2) is 4.79 Å². The van der Waals surface area contributed by atoms with Crippen LogP contribution in [0.5, 0.6) is 5.75 Å². The molecule has 0 spiro atoms. The summed E-state index contributed by atoms with van der Waals surface area (Å²) in [6.45, 7) is 4.80. The summed E-state index contributed by atoms with van der Waals surface area (Å²) in [6.07, 6.45) is -4.15. The Balaban J connectivity index is 2.47. The summed E-state index contributed by atoms with van der Waals surface area (Å²) in [6, 6.07) is 7.00. The largest absolute Gasteiger partial charge is 0.493 e. The zero-order valence-corrected chi connectivity index (χ0v) is 12.5. The van der Waals surface area contributed by atoms with E-state index in [9.17, 15) is 14.7 Å². The van der Waals surface area contributed by atoms with Gasteiger partial charge in [0.25, 0.3) is 5.91 Å². The number of carboxylic acids is 1. The number of carbonyl (C=O) groups excluding carboxylic acids is 1. The molecular weight excluding hydrogens is 290 g/mol.